The number of ether oxygens (including phenoxy) is 1. The zero-order chi connectivity index (χ0) is 12.7. The van der Waals surface area contributed by atoms with Gasteiger partial charge in [0.2, 0.25) is 11.8 Å². The Hall–Kier alpha value is -1.21. The Morgan fingerprint density at radius 2 is 2.33 bits per heavy atom. The number of methoxy groups -OCH3 is 1. The average molecular weight is 328 g/mol. The molecule has 18 heavy (non-hydrogen) atoms. The molecule has 2 aromatic heterocycles. The van der Waals surface area contributed by atoms with Crippen LogP contribution in [-0.4, -0.2) is 34.4 Å². The smallest absolute Gasteiger partial charge is 0.230 e. The minimum atomic E-state index is 0.0999. The highest BCUT2D eigenvalue weighted by molar-refractivity contribution is 9.09. The van der Waals surface area contributed by atoms with E-state index in [1.54, 1.807) is 18.1 Å². The van der Waals surface area contributed by atoms with Crippen LogP contribution in [0.4, 0.5) is 5.13 Å². The van der Waals surface area contributed by atoms with E-state index in [0.717, 1.165) is 10.3 Å². The number of anilines is 1. The fourth-order valence-electron chi connectivity index (χ4n) is 1.87. The van der Waals surface area contributed by atoms with Gasteiger partial charge >= 0.3 is 0 Å². The molecule has 3 rings (SSSR count). The maximum absolute atomic E-state index is 11.8. The molecule has 1 aliphatic rings. The summed E-state index contributed by atoms with van der Waals surface area (Å²) in [7, 11) is 1.58. The van der Waals surface area contributed by atoms with Gasteiger partial charge in [0.1, 0.15) is 10.3 Å². The SMILES string of the molecule is COc1ccc2nc(N3CC(Br)CC3=O)sc2n1. The molecule has 0 spiro atoms. The van der Waals surface area contributed by atoms with Gasteiger partial charge in [-0.05, 0) is 6.07 Å². The molecule has 3 heterocycles. The molecule has 1 unspecified atom stereocenters. The van der Waals surface area contributed by atoms with Gasteiger partial charge in [-0.2, -0.15) is 0 Å². The van der Waals surface area contributed by atoms with E-state index in [1.807, 2.05) is 6.07 Å². The monoisotopic (exact) mass is 327 g/mol. The van der Waals surface area contributed by atoms with Crippen molar-refractivity contribution in [3.05, 3.63) is 12.1 Å². The first-order valence-corrected chi connectivity index (χ1v) is 7.16. The number of amides is 1. The van der Waals surface area contributed by atoms with Gasteiger partial charge in [0.25, 0.3) is 0 Å². The third kappa shape index (κ3) is 1.97. The number of hydrogen-bond acceptors (Lipinski definition) is 5. The molecule has 1 saturated heterocycles. The summed E-state index contributed by atoms with van der Waals surface area (Å²) in [5.74, 6) is 0.659. The van der Waals surface area contributed by atoms with Crippen LogP contribution in [0.1, 0.15) is 6.42 Å². The highest BCUT2D eigenvalue weighted by atomic mass is 79.9. The Morgan fingerprint density at radius 3 is 3.00 bits per heavy atom. The van der Waals surface area contributed by atoms with Gasteiger partial charge in [-0.15, -0.1) is 0 Å². The number of alkyl halides is 1. The van der Waals surface area contributed by atoms with Crippen molar-refractivity contribution in [3.8, 4) is 5.88 Å². The van der Waals surface area contributed by atoms with E-state index in [2.05, 4.69) is 25.9 Å². The minimum absolute atomic E-state index is 0.0999. The van der Waals surface area contributed by atoms with E-state index in [4.69, 9.17) is 4.74 Å². The molecule has 1 amide bonds. The van der Waals surface area contributed by atoms with Gasteiger partial charge in [-0.1, -0.05) is 27.3 Å². The second-order valence-corrected chi connectivity index (χ2v) is 6.23. The van der Waals surface area contributed by atoms with Crippen molar-refractivity contribution in [2.45, 2.75) is 11.2 Å². The van der Waals surface area contributed by atoms with Crippen molar-refractivity contribution in [1.82, 2.24) is 9.97 Å². The fraction of sp³-hybridized carbons (Fsp3) is 0.364. The van der Waals surface area contributed by atoms with E-state index < -0.39 is 0 Å². The number of halogens is 1. The molecular formula is C11H10BrN3O2S. The lowest BCUT2D eigenvalue weighted by Gasteiger charge is -2.10. The van der Waals surface area contributed by atoms with Crippen LogP contribution in [0.2, 0.25) is 0 Å². The zero-order valence-electron chi connectivity index (χ0n) is 9.59. The van der Waals surface area contributed by atoms with Gasteiger partial charge < -0.3 is 4.74 Å². The summed E-state index contributed by atoms with van der Waals surface area (Å²) < 4.78 is 5.07. The Kier molecular flexibility index (Phi) is 2.95. The average Bonchev–Trinajstić information content (AvgIpc) is 2.90. The first-order chi connectivity index (χ1) is 8.67. The van der Waals surface area contributed by atoms with Crippen molar-refractivity contribution in [3.63, 3.8) is 0 Å². The number of carbonyl (C=O) groups is 1. The van der Waals surface area contributed by atoms with Crippen LogP contribution in [0.25, 0.3) is 10.3 Å². The van der Waals surface area contributed by atoms with Crippen molar-refractivity contribution in [2.24, 2.45) is 0 Å². The topological polar surface area (TPSA) is 55.3 Å². The number of rotatable bonds is 2. The highest BCUT2D eigenvalue weighted by Gasteiger charge is 2.30. The Morgan fingerprint density at radius 1 is 1.50 bits per heavy atom. The minimum Gasteiger partial charge on any atom is -0.481 e. The van der Waals surface area contributed by atoms with Crippen LogP contribution < -0.4 is 9.64 Å². The molecule has 5 nitrogen and oxygen atoms in total. The van der Waals surface area contributed by atoms with Crippen molar-refractivity contribution in [2.75, 3.05) is 18.6 Å². The molecule has 94 valence electrons. The van der Waals surface area contributed by atoms with Gasteiger partial charge in [0.05, 0.1) is 7.11 Å². The molecule has 7 heteroatoms. The lowest BCUT2D eigenvalue weighted by molar-refractivity contribution is -0.117. The summed E-state index contributed by atoms with van der Waals surface area (Å²) in [6.07, 6.45) is 0.521. The van der Waals surface area contributed by atoms with Crippen molar-refractivity contribution >= 4 is 48.7 Å². The third-order valence-electron chi connectivity index (χ3n) is 2.74. The first-order valence-electron chi connectivity index (χ1n) is 5.43. The predicted octanol–water partition coefficient (Wildman–Crippen LogP) is 2.20. The van der Waals surface area contributed by atoms with Crippen LogP contribution in [0.5, 0.6) is 5.88 Å². The molecule has 0 N–H and O–H groups in total. The molecule has 1 atom stereocenters. The number of hydrogen-bond donors (Lipinski definition) is 0. The van der Waals surface area contributed by atoms with E-state index in [0.29, 0.717) is 24.0 Å². The Labute approximate surface area is 116 Å². The lowest BCUT2D eigenvalue weighted by Crippen LogP contribution is -2.24. The first kappa shape index (κ1) is 11.9. The zero-order valence-corrected chi connectivity index (χ0v) is 12.0. The number of thiazole rings is 1. The van der Waals surface area contributed by atoms with Crippen molar-refractivity contribution < 1.29 is 9.53 Å². The number of pyridine rings is 1. The third-order valence-corrected chi connectivity index (χ3v) is 4.34. The van der Waals surface area contributed by atoms with Crippen LogP contribution in [0, 0.1) is 0 Å². The summed E-state index contributed by atoms with van der Waals surface area (Å²) in [5, 5.41) is 0.706. The standard InChI is InChI=1S/C11H10BrN3O2S/c1-17-8-3-2-7-10(14-8)18-11(13-7)15-5-6(12)4-9(15)16/h2-3,6H,4-5H2,1H3. The molecule has 0 radical (unpaired) electrons. The van der Waals surface area contributed by atoms with Gasteiger partial charge in [0, 0.05) is 23.9 Å². The summed E-state index contributed by atoms with van der Waals surface area (Å²) >= 11 is 4.87. The van der Waals surface area contributed by atoms with Gasteiger partial charge in [0.15, 0.2) is 5.13 Å². The normalized spacial score (nSPS) is 19.8. The lowest BCUT2D eigenvalue weighted by atomic mass is 10.4. The summed E-state index contributed by atoms with van der Waals surface area (Å²) in [5.41, 5.74) is 0.793. The number of carbonyl (C=O) groups excluding carboxylic acids is 1. The second-order valence-electron chi connectivity index (χ2n) is 3.98. The van der Waals surface area contributed by atoms with E-state index in [9.17, 15) is 4.79 Å². The Balaban J connectivity index is 2.00. The molecular weight excluding hydrogens is 318 g/mol. The van der Waals surface area contributed by atoms with Gasteiger partial charge in [-0.3, -0.25) is 9.69 Å². The predicted molar refractivity (Wildman–Crippen MR) is 73.7 cm³/mol. The van der Waals surface area contributed by atoms with E-state index in [-0.39, 0.29) is 10.7 Å². The highest BCUT2D eigenvalue weighted by Crippen LogP contribution is 2.32. The van der Waals surface area contributed by atoms with Crippen molar-refractivity contribution in [1.29, 1.82) is 0 Å². The summed E-state index contributed by atoms with van der Waals surface area (Å²) in [6.45, 7) is 0.662. The summed E-state index contributed by atoms with van der Waals surface area (Å²) in [4.78, 5) is 23.3. The molecule has 1 fully saturated rings. The molecule has 0 aliphatic carbocycles. The van der Waals surface area contributed by atoms with Gasteiger partial charge in [-0.25, -0.2) is 9.97 Å². The molecule has 0 bridgehead atoms. The molecule has 0 saturated carbocycles. The number of nitrogens with zero attached hydrogens (tertiary/aromatic N) is 3. The number of aromatic nitrogens is 2. The molecule has 2 aromatic rings. The summed E-state index contributed by atoms with van der Waals surface area (Å²) in [6, 6.07) is 3.62. The Bertz CT molecular complexity index is 615. The van der Waals surface area contributed by atoms with Crippen LogP contribution in [0.15, 0.2) is 12.1 Å². The second kappa shape index (κ2) is 4.47. The maximum Gasteiger partial charge on any atom is 0.230 e. The maximum atomic E-state index is 11.8. The van der Waals surface area contributed by atoms with E-state index in [1.165, 1.54) is 11.3 Å². The largest absolute Gasteiger partial charge is 0.481 e. The molecule has 0 aromatic carbocycles. The van der Waals surface area contributed by atoms with E-state index >= 15 is 0 Å². The van der Waals surface area contributed by atoms with Crippen LogP contribution in [0.3, 0.4) is 0 Å². The molecule has 1 aliphatic heterocycles. The van der Waals surface area contributed by atoms with Crippen LogP contribution >= 0.6 is 27.3 Å². The quantitative estimate of drug-likeness (QED) is 0.793. The van der Waals surface area contributed by atoms with Crippen LogP contribution in [-0.2, 0) is 4.79 Å². The fourth-order valence-corrected chi connectivity index (χ4v) is 3.39. The number of fused-ring (bicyclic) bond motifs is 1.